The maximum atomic E-state index is 14.1. The third kappa shape index (κ3) is 5.49. The van der Waals surface area contributed by atoms with Crippen LogP contribution in [0.3, 0.4) is 0 Å². The van der Waals surface area contributed by atoms with Gasteiger partial charge in [0.25, 0.3) is 0 Å². The lowest BCUT2D eigenvalue weighted by atomic mass is 9.53. The summed E-state index contributed by atoms with van der Waals surface area (Å²) in [6, 6.07) is 8.37. The van der Waals surface area contributed by atoms with Gasteiger partial charge in [-0.15, -0.1) is 0 Å². The van der Waals surface area contributed by atoms with Crippen LogP contribution < -0.4 is 4.90 Å². The molecule has 2 bridgehead atoms. The lowest BCUT2D eigenvalue weighted by molar-refractivity contribution is -0.120. The van der Waals surface area contributed by atoms with Gasteiger partial charge in [0.2, 0.25) is 11.8 Å². The minimum absolute atomic E-state index is 0.0290. The van der Waals surface area contributed by atoms with Crippen LogP contribution in [0.4, 0.5) is 5.69 Å². The van der Waals surface area contributed by atoms with Crippen LogP contribution in [-0.4, -0.2) is 27.6 Å². The summed E-state index contributed by atoms with van der Waals surface area (Å²) < 4.78 is 11.9. The fourth-order valence-corrected chi connectivity index (χ4v) is 7.79. The SMILES string of the molecule is CCCc1ncc(-c2cccc(N(CC34CCC(c5nc(C6CC6)no5)(CC3)CC4)C(=O)CC3CCCCC3)c2)o1. The van der Waals surface area contributed by atoms with E-state index >= 15 is 0 Å². The standard InChI is InChI=1S/C34H44N4O3/c1-2-7-29-35-22-28(40-29)26-10-6-11-27(21-26)38(30(39)20-24-8-4-3-5-9-24)23-33-14-17-34(18-15-33,19-16-33)32-36-31(37-41-32)25-12-13-25/h6,10-11,21-22,24-25H,2-5,7-9,12-20,23H2,1H3. The summed E-state index contributed by atoms with van der Waals surface area (Å²) in [7, 11) is 0. The molecule has 0 spiro atoms. The van der Waals surface area contributed by atoms with Gasteiger partial charge in [-0.25, -0.2) is 4.98 Å². The zero-order chi connectivity index (χ0) is 27.9. The number of hydrogen-bond acceptors (Lipinski definition) is 6. The van der Waals surface area contributed by atoms with E-state index < -0.39 is 0 Å². The van der Waals surface area contributed by atoms with Crippen molar-refractivity contribution in [3.05, 3.63) is 48.1 Å². The summed E-state index contributed by atoms with van der Waals surface area (Å²) in [5, 5.41) is 4.34. The first-order chi connectivity index (χ1) is 20.0. The Hall–Kier alpha value is -2.96. The monoisotopic (exact) mass is 556 g/mol. The van der Waals surface area contributed by atoms with Crippen molar-refractivity contribution in [1.29, 1.82) is 0 Å². The molecule has 0 saturated heterocycles. The number of carbonyl (C=O) groups excluding carboxylic acids is 1. The van der Waals surface area contributed by atoms with E-state index in [0.29, 0.717) is 18.3 Å². The lowest BCUT2D eigenvalue weighted by Gasteiger charge is -2.53. The zero-order valence-corrected chi connectivity index (χ0v) is 24.6. The Labute approximate surface area is 243 Å². The topological polar surface area (TPSA) is 85.3 Å². The lowest BCUT2D eigenvalue weighted by Crippen LogP contribution is -2.51. The molecule has 0 atom stereocenters. The number of anilines is 1. The van der Waals surface area contributed by atoms with Gasteiger partial charge in [-0.2, -0.15) is 4.98 Å². The summed E-state index contributed by atoms with van der Waals surface area (Å²) in [5.41, 5.74) is 2.14. The third-order valence-electron chi connectivity index (χ3n) is 10.7. The predicted molar refractivity (Wildman–Crippen MR) is 158 cm³/mol. The molecule has 218 valence electrons. The summed E-state index contributed by atoms with van der Waals surface area (Å²) in [4.78, 5) is 25.6. The molecule has 1 aromatic carbocycles. The number of aromatic nitrogens is 3. The van der Waals surface area contributed by atoms with Crippen molar-refractivity contribution >= 4 is 11.6 Å². The highest BCUT2D eigenvalue weighted by Gasteiger charge is 2.53. The number of carbonyl (C=O) groups is 1. The first-order valence-electron chi connectivity index (χ1n) is 16.2. The van der Waals surface area contributed by atoms with Crippen molar-refractivity contribution in [1.82, 2.24) is 15.1 Å². The number of hydrogen-bond donors (Lipinski definition) is 0. The Bertz CT molecular complexity index is 1340. The first kappa shape index (κ1) is 26.9. The Morgan fingerprint density at radius 3 is 2.54 bits per heavy atom. The summed E-state index contributed by atoms with van der Waals surface area (Å²) >= 11 is 0. The zero-order valence-electron chi connectivity index (χ0n) is 24.6. The van der Waals surface area contributed by atoms with E-state index in [1.807, 2.05) is 6.20 Å². The van der Waals surface area contributed by atoms with E-state index in [-0.39, 0.29) is 16.7 Å². The number of oxazole rings is 1. The molecule has 0 radical (unpaired) electrons. The van der Waals surface area contributed by atoms with E-state index in [1.54, 1.807) is 0 Å². The molecular formula is C34H44N4O3. The van der Waals surface area contributed by atoms with Gasteiger partial charge < -0.3 is 13.8 Å². The van der Waals surface area contributed by atoms with Crippen LogP contribution in [0.5, 0.6) is 0 Å². The molecular weight excluding hydrogens is 512 g/mol. The van der Waals surface area contributed by atoms with E-state index in [1.165, 1.54) is 44.9 Å². The normalized spacial score (nSPS) is 26.4. The second-order valence-corrected chi connectivity index (χ2v) is 13.6. The van der Waals surface area contributed by atoms with Gasteiger partial charge >= 0.3 is 0 Å². The Morgan fingerprint density at radius 2 is 1.80 bits per heavy atom. The second kappa shape index (κ2) is 11.0. The fourth-order valence-electron chi connectivity index (χ4n) is 7.79. The highest BCUT2D eigenvalue weighted by atomic mass is 16.5. The van der Waals surface area contributed by atoms with Gasteiger partial charge in [-0.1, -0.05) is 43.5 Å². The van der Waals surface area contributed by atoms with Crippen molar-refractivity contribution in [3.63, 3.8) is 0 Å². The predicted octanol–water partition coefficient (Wildman–Crippen LogP) is 8.15. The van der Waals surface area contributed by atoms with E-state index in [9.17, 15) is 4.79 Å². The molecule has 5 aliphatic rings. The fraction of sp³-hybridized carbons (Fsp3) is 0.647. The molecule has 5 aliphatic carbocycles. The number of rotatable bonds is 10. The molecule has 2 heterocycles. The van der Waals surface area contributed by atoms with Gasteiger partial charge in [-0.3, -0.25) is 4.79 Å². The number of amides is 1. The van der Waals surface area contributed by atoms with Crippen LogP contribution in [-0.2, 0) is 16.6 Å². The highest BCUT2D eigenvalue weighted by molar-refractivity contribution is 5.94. The highest BCUT2D eigenvalue weighted by Crippen LogP contribution is 2.58. The van der Waals surface area contributed by atoms with Crippen molar-refractivity contribution in [2.24, 2.45) is 11.3 Å². The van der Waals surface area contributed by atoms with Crippen LogP contribution in [0.2, 0.25) is 0 Å². The van der Waals surface area contributed by atoms with Gasteiger partial charge in [0, 0.05) is 42.0 Å². The summed E-state index contributed by atoms with van der Waals surface area (Å²) in [5.74, 6) is 4.65. The molecule has 8 rings (SSSR count). The third-order valence-corrected chi connectivity index (χ3v) is 10.7. The van der Waals surface area contributed by atoms with Gasteiger partial charge in [0.1, 0.15) is 0 Å². The molecule has 2 aromatic heterocycles. The average Bonchev–Trinajstić information content (AvgIpc) is 3.54. The van der Waals surface area contributed by atoms with Gasteiger partial charge in [0.05, 0.1) is 6.20 Å². The van der Waals surface area contributed by atoms with Crippen molar-refractivity contribution in [2.75, 3.05) is 11.4 Å². The largest absolute Gasteiger partial charge is 0.441 e. The van der Waals surface area contributed by atoms with Gasteiger partial charge in [-0.05, 0) is 94.1 Å². The summed E-state index contributed by atoms with van der Waals surface area (Å²) in [6.07, 6.45) is 19.4. The first-order valence-corrected chi connectivity index (χ1v) is 16.2. The number of benzene rings is 1. The Kier molecular flexibility index (Phi) is 7.24. The van der Waals surface area contributed by atoms with Crippen LogP contribution in [0.25, 0.3) is 11.3 Å². The van der Waals surface area contributed by atoms with Crippen molar-refractivity contribution in [2.45, 2.75) is 121 Å². The van der Waals surface area contributed by atoms with Crippen LogP contribution in [0.1, 0.15) is 127 Å². The molecule has 0 unspecified atom stereocenters. The molecule has 1 amide bonds. The van der Waals surface area contributed by atoms with Crippen LogP contribution in [0.15, 0.2) is 39.4 Å². The Balaban J connectivity index is 1.12. The van der Waals surface area contributed by atoms with Crippen LogP contribution >= 0.6 is 0 Å². The van der Waals surface area contributed by atoms with E-state index in [2.05, 4.69) is 46.2 Å². The molecule has 7 nitrogen and oxygen atoms in total. The smallest absolute Gasteiger partial charge is 0.232 e. The molecule has 41 heavy (non-hydrogen) atoms. The maximum absolute atomic E-state index is 14.1. The Morgan fingerprint density at radius 1 is 1.02 bits per heavy atom. The van der Waals surface area contributed by atoms with E-state index in [4.69, 9.17) is 13.9 Å². The molecule has 0 N–H and O–H groups in total. The quantitative estimate of drug-likeness (QED) is 0.250. The molecule has 3 aromatic rings. The molecule has 5 fully saturated rings. The van der Waals surface area contributed by atoms with Crippen molar-refractivity contribution in [3.8, 4) is 11.3 Å². The molecule has 5 saturated carbocycles. The molecule has 7 heteroatoms. The summed E-state index contributed by atoms with van der Waals surface area (Å²) in [6.45, 7) is 2.92. The maximum Gasteiger partial charge on any atom is 0.232 e. The van der Waals surface area contributed by atoms with Crippen molar-refractivity contribution < 1.29 is 13.7 Å². The average molecular weight is 557 g/mol. The molecule has 0 aliphatic heterocycles. The minimum Gasteiger partial charge on any atom is -0.441 e. The van der Waals surface area contributed by atoms with E-state index in [0.717, 1.165) is 92.5 Å². The van der Waals surface area contributed by atoms with Crippen LogP contribution in [0, 0.1) is 11.3 Å². The number of fused-ring (bicyclic) bond motifs is 3. The number of nitrogens with zero attached hydrogens (tertiary/aromatic N) is 4. The minimum atomic E-state index is 0.0290. The second-order valence-electron chi connectivity index (χ2n) is 13.6. The van der Waals surface area contributed by atoms with Gasteiger partial charge in [0.15, 0.2) is 17.5 Å². The number of aryl methyl sites for hydroxylation is 1.